The lowest BCUT2D eigenvalue weighted by Crippen LogP contribution is -2.21. The molecule has 0 heterocycles. The first-order valence-corrected chi connectivity index (χ1v) is 6.25. The summed E-state index contributed by atoms with van der Waals surface area (Å²) in [7, 11) is 0. The Bertz CT molecular complexity index is 610. The van der Waals surface area contributed by atoms with Crippen LogP contribution in [-0.2, 0) is 0 Å². The summed E-state index contributed by atoms with van der Waals surface area (Å²) in [5.41, 5.74) is 10.7. The van der Waals surface area contributed by atoms with Crippen LogP contribution in [0.2, 0.25) is 0 Å². The molecule has 0 radical (unpaired) electrons. The fraction of sp³-hybridized carbons (Fsp3) is 0.200. The molecule has 20 heavy (non-hydrogen) atoms. The molecule has 102 valence electrons. The van der Waals surface area contributed by atoms with E-state index in [1.54, 1.807) is 12.1 Å². The highest BCUT2D eigenvalue weighted by molar-refractivity contribution is 5.67. The highest BCUT2D eigenvalue weighted by Crippen LogP contribution is 2.29. The molecular formula is C15H15N3O2. The summed E-state index contributed by atoms with van der Waals surface area (Å²) in [4.78, 5) is 2.59. The van der Waals surface area contributed by atoms with Gasteiger partial charge in [-0.3, -0.25) is 0 Å². The summed E-state index contributed by atoms with van der Waals surface area (Å²) >= 11 is 0. The predicted molar refractivity (Wildman–Crippen MR) is 76.9 cm³/mol. The van der Waals surface area contributed by atoms with Crippen LogP contribution in [0.25, 0.3) is 21.6 Å². The molecule has 0 amide bonds. The molecule has 0 aliphatic heterocycles. The summed E-state index contributed by atoms with van der Waals surface area (Å²) in [6, 6.07) is 16.9. The molecule has 5 heteroatoms. The molecule has 0 saturated carbocycles. The van der Waals surface area contributed by atoms with Crippen molar-refractivity contribution in [2.75, 3.05) is 6.54 Å². The fourth-order valence-electron chi connectivity index (χ4n) is 2.06. The third-order valence-corrected chi connectivity index (χ3v) is 3.06. The number of rotatable bonds is 5. The van der Waals surface area contributed by atoms with Crippen LogP contribution in [0.4, 0.5) is 0 Å². The van der Waals surface area contributed by atoms with Crippen molar-refractivity contribution in [1.29, 1.82) is 0 Å². The van der Waals surface area contributed by atoms with Gasteiger partial charge in [-0.05, 0) is 22.2 Å². The molecule has 2 N–H and O–H groups in total. The van der Waals surface area contributed by atoms with E-state index in [0.29, 0.717) is 5.56 Å². The first kappa shape index (κ1) is 14.1. The van der Waals surface area contributed by atoms with Crippen molar-refractivity contribution in [3.8, 4) is 11.1 Å². The van der Waals surface area contributed by atoms with E-state index < -0.39 is 12.2 Å². The Labute approximate surface area is 116 Å². The molecule has 2 unspecified atom stereocenters. The van der Waals surface area contributed by atoms with Crippen LogP contribution in [0.3, 0.4) is 0 Å². The molecule has 0 fully saturated rings. The lowest BCUT2D eigenvalue weighted by atomic mass is 9.94. The summed E-state index contributed by atoms with van der Waals surface area (Å²) in [6.07, 6.45) is -2.23. The van der Waals surface area contributed by atoms with Crippen LogP contribution >= 0.6 is 0 Å². The van der Waals surface area contributed by atoms with E-state index in [2.05, 4.69) is 10.0 Å². The molecule has 0 saturated heterocycles. The van der Waals surface area contributed by atoms with Crippen molar-refractivity contribution in [3.63, 3.8) is 0 Å². The number of aliphatic hydroxyl groups excluding tert-OH is 2. The molecule has 2 atom stereocenters. The number of hydrogen-bond acceptors (Lipinski definition) is 3. The molecule has 0 aromatic heterocycles. The molecular weight excluding hydrogens is 254 g/mol. The van der Waals surface area contributed by atoms with E-state index in [1.165, 1.54) is 0 Å². The maximum absolute atomic E-state index is 10.2. The van der Waals surface area contributed by atoms with E-state index in [9.17, 15) is 10.2 Å². The van der Waals surface area contributed by atoms with Crippen LogP contribution < -0.4 is 0 Å². The topological polar surface area (TPSA) is 89.2 Å². The SMILES string of the molecule is [N-]=[N+]=NCC(O)C(O)c1ccccc1-c1ccccc1. The standard InChI is InChI=1S/C15H15N3O2/c16-18-17-10-14(19)15(20)13-9-5-4-8-12(13)11-6-2-1-3-7-11/h1-9,14-15,19-20H,10H2. The average Bonchev–Trinajstić information content (AvgIpc) is 2.52. The van der Waals surface area contributed by atoms with Gasteiger partial charge in [-0.1, -0.05) is 59.7 Å². The minimum atomic E-state index is -1.13. The van der Waals surface area contributed by atoms with Gasteiger partial charge in [-0.25, -0.2) is 0 Å². The molecule has 0 spiro atoms. The molecule has 2 rings (SSSR count). The Kier molecular flexibility index (Phi) is 4.74. The van der Waals surface area contributed by atoms with Gasteiger partial charge in [0.1, 0.15) is 6.10 Å². The van der Waals surface area contributed by atoms with Crippen molar-refractivity contribution < 1.29 is 10.2 Å². The average molecular weight is 269 g/mol. The molecule has 5 nitrogen and oxygen atoms in total. The smallest absolute Gasteiger partial charge is 0.106 e. The van der Waals surface area contributed by atoms with E-state index in [1.807, 2.05) is 42.5 Å². The van der Waals surface area contributed by atoms with E-state index in [4.69, 9.17) is 5.53 Å². The minimum Gasteiger partial charge on any atom is -0.390 e. The largest absolute Gasteiger partial charge is 0.390 e. The van der Waals surface area contributed by atoms with Gasteiger partial charge in [0.05, 0.1) is 12.6 Å². The van der Waals surface area contributed by atoms with Crippen LogP contribution in [-0.4, -0.2) is 22.9 Å². The minimum absolute atomic E-state index is 0.166. The zero-order valence-corrected chi connectivity index (χ0v) is 10.8. The van der Waals surface area contributed by atoms with Crippen LogP contribution in [0.5, 0.6) is 0 Å². The third kappa shape index (κ3) is 3.16. The summed E-state index contributed by atoms with van der Waals surface area (Å²) < 4.78 is 0. The Hall–Kier alpha value is -2.33. The van der Waals surface area contributed by atoms with Gasteiger partial charge in [0.25, 0.3) is 0 Å². The predicted octanol–water partition coefficient (Wildman–Crippen LogP) is 3.06. The van der Waals surface area contributed by atoms with E-state index >= 15 is 0 Å². The Balaban J connectivity index is 2.35. The van der Waals surface area contributed by atoms with Gasteiger partial charge >= 0.3 is 0 Å². The van der Waals surface area contributed by atoms with Gasteiger partial charge in [0, 0.05) is 4.91 Å². The maximum Gasteiger partial charge on any atom is 0.106 e. The molecule has 0 aliphatic rings. The van der Waals surface area contributed by atoms with Crippen molar-refractivity contribution in [2.45, 2.75) is 12.2 Å². The lowest BCUT2D eigenvalue weighted by molar-refractivity contribution is 0.0247. The van der Waals surface area contributed by atoms with Crippen LogP contribution in [0.1, 0.15) is 11.7 Å². The van der Waals surface area contributed by atoms with Gasteiger partial charge in [0.15, 0.2) is 0 Å². The second-order valence-corrected chi connectivity index (χ2v) is 4.38. The van der Waals surface area contributed by atoms with Crippen LogP contribution in [0, 0.1) is 0 Å². The number of nitrogens with zero attached hydrogens (tertiary/aromatic N) is 3. The first-order valence-electron chi connectivity index (χ1n) is 6.25. The Morgan fingerprint density at radius 2 is 1.65 bits per heavy atom. The van der Waals surface area contributed by atoms with Crippen molar-refractivity contribution in [1.82, 2.24) is 0 Å². The lowest BCUT2D eigenvalue weighted by Gasteiger charge is -2.19. The highest BCUT2D eigenvalue weighted by atomic mass is 16.3. The molecule has 2 aromatic rings. The van der Waals surface area contributed by atoms with Crippen molar-refractivity contribution in [3.05, 3.63) is 70.6 Å². The number of azide groups is 1. The van der Waals surface area contributed by atoms with Crippen molar-refractivity contribution in [2.24, 2.45) is 5.11 Å². The van der Waals surface area contributed by atoms with Gasteiger partial charge in [0.2, 0.25) is 0 Å². The van der Waals surface area contributed by atoms with E-state index in [-0.39, 0.29) is 6.54 Å². The highest BCUT2D eigenvalue weighted by Gasteiger charge is 2.20. The monoisotopic (exact) mass is 269 g/mol. The summed E-state index contributed by atoms with van der Waals surface area (Å²) in [5, 5.41) is 23.4. The fourth-order valence-corrected chi connectivity index (χ4v) is 2.06. The Morgan fingerprint density at radius 3 is 2.35 bits per heavy atom. The Morgan fingerprint density at radius 1 is 1.00 bits per heavy atom. The molecule has 2 aromatic carbocycles. The summed E-state index contributed by atoms with van der Waals surface area (Å²) in [5.74, 6) is 0. The first-order chi connectivity index (χ1) is 9.74. The van der Waals surface area contributed by atoms with E-state index in [0.717, 1.165) is 11.1 Å². The number of benzene rings is 2. The van der Waals surface area contributed by atoms with Crippen molar-refractivity contribution >= 4 is 0 Å². The zero-order valence-electron chi connectivity index (χ0n) is 10.8. The van der Waals surface area contributed by atoms with Gasteiger partial charge in [-0.15, -0.1) is 0 Å². The normalized spacial score (nSPS) is 13.3. The van der Waals surface area contributed by atoms with Crippen LogP contribution in [0.15, 0.2) is 59.7 Å². The third-order valence-electron chi connectivity index (χ3n) is 3.06. The number of aliphatic hydroxyl groups is 2. The molecule has 0 aliphatic carbocycles. The quantitative estimate of drug-likeness (QED) is 0.496. The second-order valence-electron chi connectivity index (χ2n) is 4.38. The summed E-state index contributed by atoms with van der Waals surface area (Å²) in [6.45, 7) is -0.166. The maximum atomic E-state index is 10.2. The van der Waals surface area contributed by atoms with Gasteiger partial charge < -0.3 is 10.2 Å². The van der Waals surface area contributed by atoms with Gasteiger partial charge in [-0.2, -0.15) is 0 Å². The number of hydrogen-bond donors (Lipinski definition) is 2. The molecule has 0 bridgehead atoms. The zero-order chi connectivity index (χ0) is 14.4. The second kappa shape index (κ2) is 6.73.